The molecule has 0 fully saturated rings. The van der Waals surface area contributed by atoms with Crippen LogP contribution < -0.4 is 16.6 Å². The Labute approximate surface area is 124 Å². The Balaban J connectivity index is 2.08. The molecule has 110 valence electrons. The molecule has 0 aliphatic carbocycles. The lowest BCUT2D eigenvalue weighted by molar-refractivity contribution is -0.385. The molecule has 0 bridgehead atoms. The van der Waals surface area contributed by atoms with Gasteiger partial charge >= 0.3 is 0 Å². The minimum absolute atomic E-state index is 0.0336. The molecule has 4 N–H and O–H groups in total. The standard InChI is InChI=1S/C12H13N5O3S/c13-16-8-1-2-11(17(19)20)10(5-8)12(18)14-4-3-9-6-21-7-15-9/h1-2,5-7,16H,3-4,13H2,(H,14,18). The summed E-state index contributed by atoms with van der Waals surface area (Å²) in [5.74, 6) is 4.73. The van der Waals surface area contributed by atoms with Gasteiger partial charge in [-0.05, 0) is 12.1 Å². The Morgan fingerprint density at radius 2 is 2.29 bits per heavy atom. The van der Waals surface area contributed by atoms with Crippen LogP contribution in [0.1, 0.15) is 16.1 Å². The number of hydrazine groups is 1. The van der Waals surface area contributed by atoms with Crippen molar-refractivity contribution >= 4 is 28.6 Å². The summed E-state index contributed by atoms with van der Waals surface area (Å²) >= 11 is 1.47. The first kappa shape index (κ1) is 14.9. The predicted octanol–water partition coefficient (Wildman–Crippen LogP) is 1.31. The highest BCUT2D eigenvalue weighted by Crippen LogP contribution is 2.22. The highest BCUT2D eigenvalue weighted by atomic mass is 32.1. The zero-order valence-electron chi connectivity index (χ0n) is 10.9. The summed E-state index contributed by atoms with van der Waals surface area (Å²) < 4.78 is 0. The van der Waals surface area contributed by atoms with Crippen LogP contribution in [0.3, 0.4) is 0 Å². The second-order valence-electron chi connectivity index (χ2n) is 4.12. The van der Waals surface area contributed by atoms with Crippen molar-refractivity contribution in [1.29, 1.82) is 0 Å². The number of nitrogens with zero attached hydrogens (tertiary/aromatic N) is 2. The third kappa shape index (κ3) is 3.74. The number of nitrogens with two attached hydrogens (primary N) is 1. The fourth-order valence-corrected chi connectivity index (χ4v) is 2.32. The fraction of sp³-hybridized carbons (Fsp3) is 0.167. The molecule has 0 aliphatic rings. The molecule has 9 heteroatoms. The molecule has 0 radical (unpaired) electrons. The quantitative estimate of drug-likeness (QED) is 0.420. The molecule has 0 aliphatic heterocycles. The molecule has 0 unspecified atom stereocenters. The van der Waals surface area contributed by atoms with E-state index in [1.54, 1.807) is 5.51 Å². The van der Waals surface area contributed by atoms with Crippen LogP contribution in [-0.2, 0) is 6.42 Å². The van der Waals surface area contributed by atoms with Crippen molar-refractivity contribution in [3.63, 3.8) is 0 Å². The van der Waals surface area contributed by atoms with Crippen LogP contribution in [-0.4, -0.2) is 22.4 Å². The Hall–Kier alpha value is -2.52. The molecule has 1 amide bonds. The number of nitro benzene ring substituents is 1. The number of nitro groups is 1. The van der Waals surface area contributed by atoms with Crippen LogP contribution in [0.2, 0.25) is 0 Å². The minimum Gasteiger partial charge on any atom is -0.351 e. The van der Waals surface area contributed by atoms with Crippen LogP contribution >= 0.6 is 11.3 Å². The number of aromatic nitrogens is 1. The van der Waals surface area contributed by atoms with Gasteiger partial charge in [0.25, 0.3) is 11.6 Å². The number of hydrogen-bond donors (Lipinski definition) is 3. The number of rotatable bonds is 6. The van der Waals surface area contributed by atoms with Gasteiger partial charge in [-0.1, -0.05) is 0 Å². The van der Waals surface area contributed by atoms with E-state index in [1.165, 1.54) is 29.5 Å². The average Bonchev–Trinajstić information content (AvgIpc) is 2.99. The second-order valence-corrected chi connectivity index (χ2v) is 4.84. The largest absolute Gasteiger partial charge is 0.351 e. The fourth-order valence-electron chi connectivity index (χ4n) is 1.73. The molecule has 1 aromatic carbocycles. The first-order chi connectivity index (χ1) is 10.1. The molecule has 0 saturated carbocycles. The normalized spacial score (nSPS) is 10.1. The van der Waals surface area contributed by atoms with Gasteiger partial charge in [-0.3, -0.25) is 20.8 Å². The van der Waals surface area contributed by atoms with E-state index in [9.17, 15) is 14.9 Å². The molecular weight excluding hydrogens is 294 g/mol. The maximum atomic E-state index is 12.1. The summed E-state index contributed by atoms with van der Waals surface area (Å²) in [6.07, 6.45) is 0.567. The van der Waals surface area contributed by atoms with E-state index in [0.717, 1.165) is 5.69 Å². The Morgan fingerprint density at radius 1 is 1.48 bits per heavy atom. The number of anilines is 1. The van der Waals surface area contributed by atoms with Gasteiger partial charge in [0, 0.05) is 30.1 Å². The highest BCUT2D eigenvalue weighted by Gasteiger charge is 2.20. The Kier molecular flexibility index (Phi) is 4.80. The molecule has 0 spiro atoms. The van der Waals surface area contributed by atoms with Gasteiger partial charge in [-0.2, -0.15) is 0 Å². The van der Waals surface area contributed by atoms with Crippen LogP contribution in [0, 0.1) is 10.1 Å². The number of hydrogen-bond acceptors (Lipinski definition) is 7. The topological polar surface area (TPSA) is 123 Å². The molecule has 1 heterocycles. The molecule has 2 rings (SSSR count). The summed E-state index contributed by atoms with van der Waals surface area (Å²) in [5.41, 5.74) is 5.05. The van der Waals surface area contributed by atoms with Crippen LogP contribution in [0.25, 0.3) is 0 Å². The van der Waals surface area contributed by atoms with E-state index in [2.05, 4.69) is 15.7 Å². The maximum absolute atomic E-state index is 12.1. The number of carbonyl (C=O) groups excluding carboxylic acids is 1. The van der Waals surface area contributed by atoms with E-state index in [0.29, 0.717) is 18.7 Å². The number of nitrogen functional groups attached to an aromatic ring is 1. The minimum atomic E-state index is -0.602. The third-order valence-electron chi connectivity index (χ3n) is 2.75. The second kappa shape index (κ2) is 6.77. The first-order valence-corrected chi connectivity index (χ1v) is 6.96. The molecule has 1 aromatic heterocycles. The summed E-state index contributed by atoms with van der Waals surface area (Å²) in [6.45, 7) is 0.347. The van der Waals surface area contributed by atoms with Crippen molar-refractivity contribution in [3.8, 4) is 0 Å². The van der Waals surface area contributed by atoms with Crippen LogP contribution in [0.4, 0.5) is 11.4 Å². The van der Waals surface area contributed by atoms with Crippen molar-refractivity contribution in [1.82, 2.24) is 10.3 Å². The lowest BCUT2D eigenvalue weighted by atomic mass is 10.1. The van der Waals surface area contributed by atoms with E-state index in [-0.39, 0.29) is 11.3 Å². The van der Waals surface area contributed by atoms with Crippen molar-refractivity contribution in [2.45, 2.75) is 6.42 Å². The summed E-state index contributed by atoms with van der Waals surface area (Å²) in [5, 5.41) is 15.5. The SMILES string of the molecule is NNc1ccc([N+](=O)[O-])c(C(=O)NCCc2cscn2)c1. The molecule has 2 aromatic rings. The lowest BCUT2D eigenvalue weighted by Crippen LogP contribution is -2.26. The van der Waals surface area contributed by atoms with E-state index in [4.69, 9.17) is 5.84 Å². The van der Waals surface area contributed by atoms with Gasteiger partial charge in [0.05, 0.1) is 16.1 Å². The van der Waals surface area contributed by atoms with Gasteiger partial charge < -0.3 is 10.7 Å². The maximum Gasteiger partial charge on any atom is 0.282 e. The van der Waals surface area contributed by atoms with Gasteiger partial charge in [0.2, 0.25) is 0 Å². The van der Waals surface area contributed by atoms with Gasteiger partial charge in [0.15, 0.2) is 0 Å². The summed E-state index contributed by atoms with van der Waals surface area (Å²) in [6, 6.07) is 4.02. The van der Waals surface area contributed by atoms with Crippen molar-refractivity contribution in [3.05, 3.63) is 50.5 Å². The number of amides is 1. The number of nitrogens with one attached hydrogen (secondary N) is 2. The monoisotopic (exact) mass is 307 g/mol. The first-order valence-electron chi connectivity index (χ1n) is 6.02. The predicted molar refractivity (Wildman–Crippen MR) is 79.1 cm³/mol. The molecule has 21 heavy (non-hydrogen) atoms. The van der Waals surface area contributed by atoms with Gasteiger partial charge in [-0.15, -0.1) is 11.3 Å². The van der Waals surface area contributed by atoms with E-state index >= 15 is 0 Å². The number of carbonyl (C=O) groups is 1. The lowest BCUT2D eigenvalue weighted by Gasteiger charge is -2.07. The van der Waals surface area contributed by atoms with Crippen molar-refractivity contribution in [2.24, 2.45) is 5.84 Å². The van der Waals surface area contributed by atoms with Crippen LogP contribution in [0.5, 0.6) is 0 Å². The zero-order chi connectivity index (χ0) is 15.2. The highest BCUT2D eigenvalue weighted by molar-refractivity contribution is 7.07. The smallest absolute Gasteiger partial charge is 0.282 e. The molecular formula is C12H13N5O3S. The van der Waals surface area contributed by atoms with Crippen molar-refractivity contribution < 1.29 is 9.72 Å². The summed E-state index contributed by atoms with van der Waals surface area (Å²) in [4.78, 5) is 26.5. The third-order valence-corrected chi connectivity index (χ3v) is 3.39. The van der Waals surface area contributed by atoms with E-state index in [1.807, 2.05) is 5.38 Å². The molecule has 0 atom stereocenters. The van der Waals surface area contributed by atoms with Gasteiger partial charge in [-0.25, -0.2) is 4.98 Å². The van der Waals surface area contributed by atoms with Crippen molar-refractivity contribution in [2.75, 3.05) is 12.0 Å². The number of thiazole rings is 1. The Morgan fingerprint density at radius 3 is 2.90 bits per heavy atom. The zero-order valence-corrected chi connectivity index (χ0v) is 11.7. The molecule has 0 saturated heterocycles. The summed E-state index contributed by atoms with van der Waals surface area (Å²) in [7, 11) is 0. The van der Waals surface area contributed by atoms with Crippen LogP contribution in [0.15, 0.2) is 29.1 Å². The number of benzene rings is 1. The van der Waals surface area contributed by atoms with Gasteiger partial charge in [0.1, 0.15) is 5.56 Å². The average molecular weight is 307 g/mol. The van der Waals surface area contributed by atoms with E-state index < -0.39 is 10.8 Å². The Bertz CT molecular complexity index is 644. The molecule has 8 nitrogen and oxygen atoms in total.